The summed E-state index contributed by atoms with van der Waals surface area (Å²) in [4.78, 5) is 23.6. The molecule has 0 aliphatic carbocycles. The highest BCUT2D eigenvalue weighted by Crippen LogP contribution is 2.11. The minimum Gasteiger partial charge on any atom is -0.494 e. The summed E-state index contributed by atoms with van der Waals surface area (Å²) in [5, 5.41) is 2.44. The Hall–Kier alpha value is -2.11. The van der Waals surface area contributed by atoms with Crippen LogP contribution in [0.2, 0.25) is 0 Å². The highest BCUT2D eigenvalue weighted by atomic mass is 19.1. The summed E-state index contributed by atoms with van der Waals surface area (Å²) >= 11 is 0. The first kappa shape index (κ1) is 12.3. The van der Waals surface area contributed by atoms with Gasteiger partial charge in [0.25, 0.3) is 0 Å². The number of amides is 3. The lowest BCUT2D eigenvalue weighted by Gasteiger charge is -2.12. The summed E-state index contributed by atoms with van der Waals surface area (Å²) in [6.07, 6.45) is 0.538. The van der Waals surface area contributed by atoms with Crippen molar-refractivity contribution in [2.24, 2.45) is 0 Å². The van der Waals surface area contributed by atoms with Crippen molar-refractivity contribution in [1.82, 2.24) is 10.2 Å². The number of ether oxygens (including phenoxy) is 1. The first-order valence-electron chi connectivity index (χ1n) is 5.63. The number of hydrogen-bond acceptors (Lipinski definition) is 3. The van der Waals surface area contributed by atoms with Gasteiger partial charge in [0.2, 0.25) is 5.91 Å². The molecule has 1 heterocycles. The van der Waals surface area contributed by atoms with Crippen molar-refractivity contribution in [3.05, 3.63) is 30.1 Å². The van der Waals surface area contributed by atoms with Gasteiger partial charge in [-0.1, -0.05) is 0 Å². The van der Waals surface area contributed by atoms with Crippen LogP contribution in [0.5, 0.6) is 5.75 Å². The third kappa shape index (κ3) is 2.97. The summed E-state index contributed by atoms with van der Waals surface area (Å²) in [5.41, 5.74) is 0. The Kier molecular flexibility index (Phi) is 3.76. The number of carbonyl (C=O) groups excluding carboxylic acids is 2. The van der Waals surface area contributed by atoms with Gasteiger partial charge >= 0.3 is 6.03 Å². The van der Waals surface area contributed by atoms with E-state index >= 15 is 0 Å². The topological polar surface area (TPSA) is 58.6 Å². The first-order valence-corrected chi connectivity index (χ1v) is 5.63. The van der Waals surface area contributed by atoms with E-state index in [0.29, 0.717) is 25.3 Å². The van der Waals surface area contributed by atoms with Crippen molar-refractivity contribution in [3.8, 4) is 5.75 Å². The van der Waals surface area contributed by atoms with Crippen LogP contribution in [0.1, 0.15) is 6.42 Å². The van der Waals surface area contributed by atoms with E-state index in [9.17, 15) is 14.0 Å². The molecule has 0 bridgehead atoms. The molecule has 1 aromatic rings. The first-order chi connectivity index (χ1) is 8.66. The number of carbonyl (C=O) groups is 2. The second kappa shape index (κ2) is 5.48. The zero-order valence-corrected chi connectivity index (χ0v) is 9.69. The van der Waals surface area contributed by atoms with Gasteiger partial charge in [0.1, 0.15) is 11.6 Å². The van der Waals surface area contributed by atoms with Crippen LogP contribution < -0.4 is 10.1 Å². The normalized spacial score (nSPS) is 14.8. The summed E-state index contributed by atoms with van der Waals surface area (Å²) in [5.74, 6) is 0.0251. The van der Waals surface area contributed by atoms with Gasteiger partial charge in [0, 0.05) is 6.54 Å². The fraction of sp³-hybridized carbons (Fsp3) is 0.333. The molecule has 1 aliphatic heterocycles. The monoisotopic (exact) mass is 252 g/mol. The third-order valence-electron chi connectivity index (χ3n) is 2.55. The minimum absolute atomic E-state index is 0.0671. The maximum absolute atomic E-state index is 12.6. The molecule has 96 valence electrons. The van der Waals surface area contributed by atoms with E-state index < -0.39 is 0 Å². The van der Waals surface area contributed by atoms with Gasteiger partial charge in [-0.3, -0.25) is 9.69 Å². The van der Waals surface area contributed by atoms with E-state index in [1.54, 1.807) is 0 Å². The third-order valence-corrected chi connectivity index (χ3v) is 2.55. The molecule has 6 heteroatoms. The fourth-order valence-electron chi connectivity index (χ4n) is 1.63. The summed E-state index contributed by atoms with van der Waals surface area (Å²) in [6, 6.07) is 5.33. The van der Waals surface area contributed by atoms with Crippen molar-refractivity contribution < 1.29 is 18.7 Å². The van der Waals surface area contributed by atoms with Gasteiger partial charge in [-0.25, -0.2) is 9.18 Å². The van der Waals surface area contributed by atoms with Crippen molar-refractivity contribution in [3.63, 3.8) is 0 Å². The molecule has 3 amide bonds. The Morgan fingerprint density at radius 1 is 1.28 bits per heavy atom. The van der Waals surface area contributed by atoms with E-state index in [0.717, 1.165) is 4.90 Å². The summed E-state index contributed by atoms with van der Waals surface area (Å²) in [6.45, 7) is 0.756. The molecule has 0 radical (unpaired) electrons. The highest BCUT2D eigenvalue weighted by Gasteiger charge is 2.27. The molecule has 1 N–H and O–H groups in total. The molecule has 5 nitrogen and oxygen atoms in total. The smallest absolute Gasteiger partial charge is 0.324 e. The molecule has 0 unspecified atom stereocenters. The number of nitrogens with zero attached hydrogens (tertiary/aromatic N) is 1. The summed E-state index contributed by atoms with van der Waals surface area (Å²) < 4.78 is 18.0. The quantitative estimate of drug-likeness (QED) is 0.631. The number of nitrogens with one attached hydrogen (secondary N) is 1. The van der Waals surface area contributed by atoms with E-state index in [1.165, 1.54) is 24.3 Å². The van der Waals surface area contributed by atoms with Crippen LogP contribution in [0.15, 0.2) is 24.3 Å². The highest BCUT2D eigenvalue weighted by molar-refractivity contribution is 6.01. The molecule has 2 rings (SSSR count). The van der Waals surface area contributed by atoms with Crippen LogP contribution in [0.25, 0.3) is 0 Å². The Labute approximate surface area is 104 Å². The van der Waals surface area contributed by atoms with Crippen LogP contribution in [-0.4, -0.2) is 36.5 Å². The number of rotatable bonds is 5. The molecule has 0 spiro atoms. The van der Waals surface area contributed by atoms with Crippen molar-refractivity contribution in [1.29, 1.82) is 0 Å². The average Bonchev–Trinajstić information content (AvgIpc) is 2.68. The standard InChI is InChI=1S/C12H13FN2O3/c13-9-2-4-10(5-3-9)18-7-1-6-15-11(16)8-14-12(15)17/h2-5H,1,6-8H2,(H,14,17). The number of benzene rings is 1. The molecule has 0 saturated carbocycles. The molecule has 1 saturated heterocycles. The van der Waals surface area contributed by atoms with E-state index in [-0.39, 0.29) is 24.3 Å². The molecule has 1 aliphatic rings. The molecule has 0 aromatic heterocycles. The Morgan fingerprint density at radius 3 is 2.61 bits per heavy atom. The van der Waals surface area contributed by atoms with Crippen molar-refractivity contribution in [2.75, 3.05) is 19.7 Å². The van der Waals surface area contributed by atoms with Gasteiger partial charge in [0.05, 0.1) is 13.2 Å². The molecular formula is C12H13FN2O3. The molecule has 1 fully saturated rings. The number of halogens is 1. The number of imide groups is 1. The number of hydrogen-bond donors (Lipinski definition) is 1. The van der Waals surface area contributed by atoms with Gasteiger partial charge in [-0.2, -0.15) is 0 Å². The average molecular weight is 252 g/mol. The Morgan fingerprint density at radius 2 is 2.00 bits per heavy atom. The van der Waals surface area contributed by atoms with Gasteiger partial charge in [-0.15, -0.1) is 0 Å². The summed E-state index contributed by atoms with van der Waals surface area (Å²) in [7, 11) is 0. The second-order valence-corrected chi connectivity index (χ2v) is 3.86. The van der Waals surface area contributed by atoms with E-state index in [2.05, 4.69) is 5.32 Å². The maximum Gasteiger partial charge on any atom is 0.324 e. The number of urea groups is 1. The van der Waals surface area contributed by atoms with Crippen LogP contribution in [0.4, 0.5) is 9.18 Å². The van der Waals surface area contributed by atoms with Gasteiger partial charge in [0.15, 0.2) is 0 Å². The SMILES string of the molecule is O=C1CNC(=O)N1CCCOc1ccc(F)cc1. The largest absolute Gasteiger partial charge is 0.494 e. The molecule has 0 atom stereocenters. The molecular weight excluding hydrogens is 239 g/mol. The van der Waals surface area contributed by atoms with Gasteiger partial charge < -0.3 is 10.1 Å². The second-order valence-electron chi connectivity index (χ2n) is 3.86. The Balaban J connectivity index is 1.71. The maximum atomic E-state index is 12.6. The van der Waals surface area contributed by atoms with Crippen molar-refractivity contribution in [2.45, 2.75) is 6.42 Å². The minimum atomic E-state index is -0.359. The molecule has 18 heavy (non-hydrogen) atoms. The zero-order valence-electron chi connectivity index (χ0n) is 9.69. The van der Waals surface area contributed by atoms with E-state index in [4.69, 9.17) is 4.74 Å². The predicted octanol–water partition coefficient (Wildman–Crippen LogP) is 1.15. The lowest BCUT2D eigenvalue weighted by molar-refractivity contribution is -0.125. The molecule has 1 aromatic carbocycles. The van der Waals surface area contributed by atoms with Crippen LogP contribution >= 0.6 is 0 Å². The van der Waals surface area contributed by atoms with Crippen LogP contribution in [-0.2, 0) is 4.79 Å². The van der Waals surface area contributed by atoms with Crippen LogP contribution in [0, 0.1) is 5.82 Å². The van der Waals surface area contributed by atoms with E-state index in [1.807, 2.05) is 0 Å². The van der Waals surface area contributed by atoms with Crippen molar-refractivity contribution >= 4 is 11.9 Å². The lowest BCUT2D eigenvalue weighted by atomic mass is 10.3. The predicted molar refractivity (Wildman–Crippen MR) is 61.6 cm³/mol. The van der Waals surface area contributed by atoms with Crippen LogP contribution in [0.3, 0.4) is 0 Å². The Bertz CT molecular complexity index is 431. The van der Waals surface area contributed by atoms with Gasteiger partial charge in [-0.05, 0) is 30.7 Å². The zero-order chi connectivity index (χ0) is 13.0. The fourth-order valence-corrected chi connectivity index (χ4v) is 1.63. The lowest BCUT2D eigenvalue weighted by Crippen LogP contribution is -2.32.